The standard InChI is InChI=1S/C24H22FN3O2/c1-16(17-8-4-3-5-9-17)14-23(29)26-18-12-13-21-19(15-18)24(30)27(2)28(21)22-11-7-6-10-20(22)25/h3-13,15-16H,14H2,1-2H3,(H,26,29). The van der Waals surface area contributed by atoms with Gasteiger partial charge in [0.15, 0.2) is 0 Å². The van der Waals surface area contributed by atoms with E-state index in [0.29, 0.717) is 28.7 Å². The topological polar surface area (TPSA) is 56.0 Å². The number of anilines is 1. The SMILES string of the molecule is CC(CC(=O)Nc1ccc2c(c1)c(=O)n(C)n2-c1ccccc1F)c1ccccc1. The van der Waals surface area contributed by atoms with Crippen LogP contribution in [0.2, 0.25) is 0 Å². The van der Waals surface area contributed by atoms with Crippen molar-refractivity contribution in [3.63, 3.8) is 0 Å². The number of nitrogens with one attached hydrogen (secondary N) is 1. The molecule has 1 aromatic heterocycles. The van der Waals surface area contributed by atoms with Crippen LogP contribution in [-0.4, -0.2) is 15.3 Å². The minimum absolute atomic E-state index is 0.0740. The van der Waals surface area contributed by atoms with Gasteiger partial charge in [-0.25, -0.2) is 13.8 Å². The molecule has 0 radical (unpaired) electrons. The van der Waals surface area contributed by atoms with Crippen LogP contribution in [0.25, 0.3) is 16.6 Å². The van der Waals surface area contributed by atoms with Crippen molar-refractivity contribution in [1.29, 1.82) is 0 Å². The number of hydrogen-bond donors (Lipinski definition) is 1. The molecule has 0 aliphatic rings. The first kappa shape index (κ1) is 19.6. The summed E-state index contributed by atoms with van der Waals surface area (Å²) in [4.78, 5) is 25.2. The number of hydrogen-bond acceptors (Lipinski definition) is 2. The molecule has 0 saturated heterocycles. The Morgan fingerprint density at radius 3 is 2.47 bits per heavy atom. The Morgan fingerprint density at radius 1 is 1.03 bits per heavy atom. The number of para-hydroxylation sites is 1. The van der Waals surface area contributed by atoms with Gasteiger partial charge in [0.2, 0.25) is 5.91 Å². The summed E-state index contributed by atoms with van der Waals surface area (Å²) < 4.78 is 17.2. The van der Waals surface area contributed by atoms with E-state index in [2.05, 4.69) is 5.32 Å². The van der Waals surface area contributed by atoms with Crippen molar-refractivity contribution in [2.45, 2.75) is 19.3 Å². The molecule has 1 unspecified atom stereocenters. The summed E-state index contributed by atoms with van der Waals surface area (Å²) in [5.41, 5.74) is 2.24. The van der Waals surface area contributed by atoms with Crippen LogP contribution in [0.5, 0.6) is 0 Å². The summed E-state index contributed by atoms with van der Waals surface area (Å²) in [5, 5.41) is 3.28. The summed E-state index contributed by atoms with van der Waals surface area (Å²) in [6.07, 6.45) is 0.330. The molecule has 0 aliphatic carbocycles. The lowest BCUT2D eigenvalue weighted by Gasteiger charge is -2.12. The van der Waals surface area contributed by atoms with Crippen LogP contribution in [0, 0.1) is 5.82 Å². The minimum atomic E-state index is -0.419. The van der Waals surface area contributed by atoms with E-state index < -0.39 is 5.82 Å². The smallest absolute Gasteiger partial charge is 0.274 e. The van der Waals surface area contributed by atoms with Gasteiger partial charge in [0.25, 0.3) is 5.56 Å². The third-order valence-corrected chi connectivity index (χ3v) is 5.27. The molecule has 1 heterocycles. The Hall–Kier alpha value is -3.67. The van der Waals surface area contributed by atoms with Gasteiger partial charge in [0.1, 0.15) is 5.82 Å². The summed E-state index contributed by atoms with van der Waals surface area (Å²) in [6, 6.07) is 21.2. The molecule has 4 rings (SSSR count). The summed E-state index contributed by atoms with van der Waals surface area (Å²) in [5.74, 6) is -0.474. The Morgan fingerprint density at radius 2 is 1.73 bits per heavy atom. The Kier molecular flexibility index (Phi) is 5.23. The summed E-state index contributed by atoms with van der Waals surface area (Å²) in [7, 11) is 1.59. The number of benzene rings is 3. The molecule has 0 saturated carbocycles. The van der Waals surface area contributed by atoms with Crippen molar-refractivity contribution in [3.8, 4) is 5.69 Å². The molecule has 6 heteroatoms. The number of rotatable bonds is 5. The second kappa shape index (κ2) is 7.99. The molecular weight excluding hydrogens is 381 g/mol. The van der Waals surface area contributed by atoms with Crippen LogP contribution in [0.3, 0.4) is 0 Å². The van der Waals surface area contributed by atoms with Crippen LogP contribution < -0.4 is 10.9 Å². The average Bonchev–Trinajstić information content (AvgIpc) is 2.99. The molecule has 5 nitrogen and oxygen atoms in total. The number of aromatic nitrogens is 2. The van der Waals surface area contributed by atoms with Crippen LogP contribution >= 0.6 is 0 Å². The van der Waals surface area contributed by atoms with Gasteiger partial charge < -0.3 is 5.32 Å². The van der Waals surface area contributed by atoms with Crippen molar-refractivity contribution in [2.75, 3.05) is 5.32 Å². The first-order chi connectivity index (χ1) is 14.5. The molecule has 0 spiro atoms. The molecule has 3 aromatic carbocycles. The number of nitrogens with zero attached hydrogens (tertiary/aromatic N) is 2. The van der Waals surface area contributed by atoms with Crippen molar-refractivity contribution >= 4 is 22.5 Å². The third-order valence-electron chi connectivity index (χ3n) is 5.27. The predicted octanol–water partition coefficient (Wildman–Crippen LogP) is 4.60. The maximum absolute atomic E-state index is 14.3. The maximum atomic E-state index is 14.3. The lowest BCUT2D eigenvalue weighted by atomic mass is 9.97. The normalized spacial score (nSPS) is 12.1. The summed E-state index contributed by atoms with van der Waals surface area (Å²) >= 11 is 0. The van der Waals surface area contributed by atoms with Gasteiger partial charge in [-0.2, -0.15) is 0 Å². The number of carbonyl (C=O) groups excluding carboxylic acids is 1. The van der Waals surface area contributed by atoms with E-state index in [1.807, 2.05) is 37.3 Å². The highest BCUT2D eigenvalue weighted by Gasteiger charge is 2.16. The quantitative estimate of drug-likeness (QED) is 0.529. The van der Waals surface area contributed by atoms with Gasteiger partial charge >= 0.3 is 0 Å². The molecular formula is C24H22FN3O2. The molecule has 1 atom stereocenters. The molecule has 152 valence electrons. The monoisotopic (exact) mass is 403 g/mol. The van der Waals surface area contributed by atoms with Crippen LogP contribution in [0.15, 0.2) is 77.6 Å². The maximum Gasteiger partial charge on any atom is 0.274 e. The highest BCUT2D eigenvalue weighted by atomic mass is 19.1. The van der Waals surface area contributed by atoms with E-state index in [-0.39, 0.29) is 17.4 Å². The van der Waals surface area contributed by atoms with Gasteiger partial charge in [0, 0.05) is 19.2 Å². The number of halogens is 1. The van der Waals surface area contributed by atoms with Crippen molar-refractivity contribution in [1.82, 2.24) is 9.36 Å². The van der Waals surface area contributed by atoms with E-state index in [1.54, 1.807) is 43.4 Å². The van der Waals surface area contributed by atoms with E-state index >= 15 is 0 Å². The number of amides is 1. The molecule has 4 aromatic rings. The average molecular weight is 403 g/mol. The van der Waals surface area contributed by atoms with E-state index in [1.165, 1.54) is 15.4 Å². The van der Waals surface area contributed by atoms with Crippen LogP contribution in [0.1, 0.15) is 24.8 Å². The first-order valence-corrected chi connectivity index (χ1v) is 9.77. The van der Waals surface area contributed by atoms with Crippen LogP contribution in [-0.2, 0) is 11.8 Å². The highest BCUT2D eigenvalue weighted by Crippen LogP contribution is 2.23. The highest BCUT2D eigenvalue weighted by molar-refractivity contribution is 5.94. The second-order valence-corrected chi connectivity index (χ2v) is 7.39. The third kappa shape index (κ3) is 3.64. The van der Waals surface area contributed by atoms with Gasteiger partial charge in [-0.05, 0) is 41.8 Å². The lowest BCUT2D eigenvalue weighted by Crippen LogP contribution is -2.18. The van der Waals surface area contributed by atoms with Gasteiger partial charge in [-0.3, -0.25) is 9.59 Å². The van der Waals surface area contributed by atoms with E-state index in [9.17, 15) is 14.0 Å². The van der Waals surface area contributed by atoms with Crippen molar-refractivity contribution in [2.24, 2.45) is 7.05 Å². The fourth-order valence-electron chi connectivity index (χ4n) is 3.70. The largest absolute Gasteiger partial charge is 0.326 e. The zero-order chi connectivity index (χ0) is 21.3. The molecule has 0 bridgehead atoms. The minimum Gasteiger partial charge on any atom is -0.326 e. The second-order valence-electron chi connectivity index (χ2n) is 7.39. The lowest BCUT2D eigenvalue weighted by molar-refractivity contribution is -0.116. The fraction of sp³-hybridized carbons (Fsp3) is 0.167. The molecule has 1 N–H and O–H groups in total. The summed E-state index contributed by atoms with van der Waals surface area (Å²) in [6.45, 7) is 2.00. The zero-order valence-corrected chi connectivity index (χ0v) is 16.8. The number of carbonyl (C=O) groups is 1. The van der Waals surface area contributed by atoms with Gasteiger partial charge in [-0.15, -0.1) is 0 Å². The molecule has 0 aliphatic heterocycles. The molecule has 0 fully saturated rings. The van der Waals surface area contributed by atoms with Gasteiger partial charge in [-0.1, -0.05) is 49.4 Å². The predicted molar refractivity (Wildman–Crippen MR) is 117 cm³/mol. The van der Waals surface area contributed by atoms with Crippen molar-refractivity contribution < 1.29 is 9.18 Å². The molecule has 1 amide bonds. The first-order valence-electron chi connectivity index (χ1n) is 9.77. The van der Waals surface area contributed by atoms with E-state index in [0.717, 1.165) is 5.56 Å². The van der Waals surface area contributed by atoms with E-state index in [4.69, 9.17) is 0 Å². The van der Waals surface area contributed by atoms with Crippen molar-refractivity contribution in [3.05, 3.63) is 94.5 Å². The van der Waals surface area contributed by atoms with Gasteiger partial charge in [0.05, 0.1) is 16.6 Å². The fourth-order valence-corrected chi connectivity index (χ4v) is 3.70. The Bertz CT molecular complexity index is 1270. The Balaban J connectivity index is 1.62. The molecule has 30 heavy (non-hydrogen) atoms. The van der Waals surface area contributed by atoms with Crippen LogP contribution in [0.4, 0.5) is 10.1 Å². The Labute approximate surface area is 173 Å². The number of fused-ring (bicyclic) bond motifs is 1. The zero-order valence-electron chi connectivity index (χ0n) is 16.8.